The van der Waals surface area contributed by atoms with E-state index in [1.807, 2.05) is 0 Å². The molecule has 1 aromatic carbocycles. The molecule has 1 unspecified atom stereocenters. The van der Waals surface area contributed by atoms with Crippen LogP contribution in [-0.2, 0) is 25.6 Å². The molecule has 0 aromatic heterocycles. The Balaban J connectivity index is 1.84. The lowest BCUT2D eigenvalue weighted by Crippen LogP contribution is -2.40. The molecule has 1 aromatic rings. The number of hydroxylamine groups is 2. The van der Waals surface area contributed by atoms with Crippen LogP contribution in [0, 0.1) is 20.2 Å². The van der Waals surface area contributed by atoms with E-state index in [0.29, 0.717) is 23.5 Å². The van der Waals surface area contributed by atoms with Gasteiger partial charge in [0, 0.05) is 24.5 Å². The molecular formula is C16H18N4O8. The number of aryl methyl sites for hydroxylation is 1. The van der Waals surface area contributed by atoms with Crippen LogP contribution in [0.2, 0.25) is 0 Å². The standard InChI is InChI=1S/C16H18N4O8/c17-12(16(23)28-18-14(21)7-8-15(18)22)4-2-1-3-10-5-6-11(19(24)25)9-13(10)20(26)27/h5-6,9,12H,1-4,7-8,17H2. The quantitative estimate of drug-likeness (QED) is 0.278. The monoisotopic (exact) mass is 394 g/mol. The van der Waals surface area contributed by atoms with Gasteiger partial charge >= 0.3 is 5.97 Å². The summed E-state index contributed by atoms with van der Waals surface area (Å²) in [6, 6.07) is 2.36. The van der Waals surface area contributed by atoms with Gasteiger partial charge in [0.15, 0.2) is 0 Å². The molecule has 0 radical (unpaired) electrons. The Morgan fingerprint density at radius 3 is 2.36 bits per heavy atom. The Kier molecular flexibility index (Phi) is 6.71. The number of non-ortho nitro benzene ring substituents is 1. The lowest BCUT2D eigenvalue weighted by atomic mass is 10.0. The number of unbranched alkanes of at least 4 members (excludes halogenated alkanes) is 1. The van der Waals surface area contributed by atoms with E-state index < -0.39 is 33.7 Å². The summed E-state index contributed by atoms with van der Waals surface area (Å²) in [6.45, 7) is 0. The Morgan fingerprint density at radius 1 is 1.14 bits per heavy atom. The molecule has 0 spiro atoms. The van der Waals surface area contributed by atoms with Crippen molar-refractivity contribution in [3.05, 3.63) is 44.0 Å². The van der Waals surface area contributed by atoms with Crippen molar-refractivity contribution in [2.24, 2.45) is 5.73 Å². The molecule has 1 atom stereocenters. The maximum Gasteiger partial charge on any atom is 0.349 e. The summed E-state index contributed by atoms with van der Waals surface area (Å²) in [5.74, 6) is -2.11. The van der Waals surface area contributed by atoms with Gasteiger partial charge in [-0.2, -0.15) is 0 Å². The molecule has 150 valence electrons. The van der Waals surface area contributed by atoms with Crippen LogP contribution in [0.15, 0.2) is 18.2 Å². The first-order chi connectivity index (χ1) is 13.2. The first-order valence-corrected chi connectivity index (χ1v) is 8.45. The van der Waals surface area contributed by atoms with Crippen molar-refractivity contribution in [2.75, 3.05) is 0 Å². The second kappa shape index (κ2) is 8.99. The fourth-order valence-corrected chi connectivity index (χ4v) is 2.66. The van der Waals surface area contributed by atoms with Gasteiger partial charge in [-0.15, -0.1) is 5.06 Å². The Bertz CT molecular complexity index is 809. The number of imide groups is 1. The van der Waals surface area contributed by atoms with Gasteiger partial charge in [-0.3, -0.25) is 29.8 Å². The van der Waals surface area contributed by atoms with Gasteiger partial charge in [0.05, 0.1) is 15.9 Å². The predicted octanol–water partition coefficient (Wildman–Crippen LogP) is 1.15. The highest BCUT2D eigenvalue weighted by Gasteiger charge is 2.34. The minimum absolute atomic E-state index is 0.0185. The van der Waals surface area contributed by atoms with E-state index in [9.17, 15) is 34.6 Å². The number of benzene rings is 1. The van der Waals surface area contributed by atoms with E-state index in [1.165, 1.54) is 12.1 Å². The molecule has 0 bridgehead atoms. The van der Waals surface area contributed by atoms with Gasteiger partial charge < -0.3 is 10.6 Å². The number of hydrogen-bond acceptors (Lipinski definition) is 9. The van der Waals surface area contributed by atoms with Crippen LogP contribution in [0.3, 0.4) is 0 Å². The first kappa shape index (κ1) is 20.9. The Hall–Kier alpha value is -3.41. The van der Waals surface area contributed by atoms with Crippen LogP contribution >= 0.6 is 0 Å². The second-order valence-electron chi connectivity index (χ2n) is 6.17. The van der Waals surface area contributed by atoms with Crippen LogP contribution in [-0.4, -0.2) is 38.7 Å². The SMILES string of the molecule is NC(CCCCc1ccc([N+](=O)[O-])cc1[N+](=O)[O-])C(=O)ON1C(=O)CCC1=O. The zero-order valence-corrected chi connectivity index (χ0v) is 14.7. The van der Waals surface area contributed by atoms with Gasteiger partial charge in [-0.1, -0.05) is 6.42 Å². The smallest absolute Gasteiger partial charge is 0.329 e. The Morgan fingerprint density at radius 2 is 1.79 bits per heavy atom. The van der Waals surface area contributed by atoms with Crippen LogP contribution < -0.4 is 5.73 Å². The number of carbonyl (C=O) groups excluding carboxylic acids is 3. The highest BCUT2D eigenvalue weighted by atomic mass is 16.7. The highest BCUT2D eigenvalue weighted by molar-refractivity contribution is 6.01. The average molecular weight is 394 g/mol. The molecule has 1 aliphatic rings. The lowest BCUT2D eigenvalue weighted by Gasteiger charge is -2.16. The average Bonchev–Trinajstić information content (AvgIpc) is 2.96. The first-order valence-electron chi connectivity index (χ1n) is 8.45. The molecule has 2 N–H and O–H groups in total. The number of carbonyl (C=O) groups is 3. The minimum atomic E-state index is -1.06. The van der Waals surface area contributed by atoms with Crippen LogP contribution in [0.25, 0.3) is 0 Å². The summed E-state index contributed by atoms with van der Waals surface area (Å²) in [5, 5.41) is 22.2. The van der Waals surface area contributed by atoms with Gasteiger partial charge in [-0.25, -0.2) is 4.79 Å². The van der Waals surface area contributed by atoms with Crippen molar-refractivity contribution in [2.45, 2.75) is 44.6 Å². The van der Waals surface area contributed by atoms with Crippen molar-refractivity contribution in [1.29, 1.82) is 0 Å². The molecule has 12 nitrogen and oxygen atoms in total. The largest absolute Gasteiger partial charge is 0.349 e. The van der Waals surface area contributed by atoms with Crippen molar-refractivity contribution >= 4 is 29.2 Å². The van der Waals surface area contributed by atoms with E-state index in [0.717, 1.165) is 6.07 Å². The zero-order chi connectivity index (χ0) is 20.8. The number of nitro benzene ring substituents is 2. The molecule has 1 heterocycles. The van der Waals surface area contributed by atoms with Crippen molar-refractivity contribution in [3.63, 3.8) is 0 Å². The minimum Gasteiger partial charge on any atom is -0.329 e. The molecule has 1 saturated heterocycles. The maximum absolute atomic E-state index is 11.9. The number of nitro groups is 2. The second-order valence-corrected chi connectivity index (χ2v) is 6.17. The molecule has 2 amide bonds. The molecule has 0 saturated carbocycles. The Labute approximate surface area is 158 Å². The van der Waals surface area contributed by atoms with E-state index in [2.05, 4.69) is 0 Å². The van der Waals surface area contributed by atoms with Gasteiger partial charge in [0.1, 0.15) is 6.04 Å². The molecule has 0 aliphatic carbocycles. The third-order valence-electron chi connectivity index (χ3n) is 4.18. The highest BCUT2D eigenvalue weighted by Crippen LogP contribution is 2.26. The topological polar surface area (TPSA) is 176 Å². The fourth-order valence-electron chi connectivity index (χ4n) is 2.66. The summed E-state index contributed by atoms with van der Waals surface area (Å²) in [5.41, 5.74) is 5.31. The van der Waals surface area contributed by atoms with E-state index >= 15 is 0 Å². The summed E-state index contributed by atoms with van der Waals surface area (Å²) in [7, 11) is 0. The third kappa shape index (κ3) is 5.07. The van der Waals surface area contributed by atoms with Crippen molar-refractivity contribution in [3.8, 4) is 0 Å². The van der Waals surface area contributed by atoms with Crippen LogP contribution in [0.5, 0.6) is 0 Å². The summed E-state index contributed by atoms with van der Waals surface area (Å²) < 4.78 is 0. The lowest BCUT2D eigenvalue weighted by molar-refractivity contribution is -0.394. The zero-order valence-electron chi connectivity index (χ0n) is 14.7. The molecule has 1 fully saturated rings. The predicted molar refractivity (Wildman–Crippen MR) is 92.5 cm³/mol. The van der Waals surface area contributed by atoms with Crippen LogP contribution in [0.1, 0.15) is 37.7 Å². The fraction of sp³-hybridized carbons (Fsp3) is 0.438. The molecular weight excluding hydrogens is 376 g/mol. The maximum atomic E-state index is 11.9. The normalized spacial score (nSPS) is 14.8. The van der Waals surface area contributed by atoms with Gasteiger partial charge in [-0.05, 0) is 25.3 Å². The van der Waals surface area contributed by atoms with Gasteiger partial charge in [0.25, 0.3) is 23.2 Å². The molecule has 2 rings (SSSR count). The number of hydrogen-bond donors (Lipinski definition) is 1. The van der Waals surface area contributed by atoms with E-state index in [1.54, 1.807) is 0 Å². The van der Waals surface area contributed by atoms with Crippen molar-refractivity contribution < 1.29 is 29.1 Å². The number of nitrogens with zero attached hydrogens (tertiary/aromatic N) is 3. The summed E-state index contributed by atoms with van der Waals surface area (Å²) in [4.78, 5) is 59.8. The molecule has 1 aliphatic heterocycles. The third-order valence-corrected chi connectivity index (χ3v) is 4.18. The summed E-state index contributed by atoms with van der Waals surface area (Å²) >= 11 is 0. The van der Waals surface area contributed by atoms with Crippen molar-refractivity contribution in [1.82, 2.24) is 5.06 Å². The van der Waals surface area contributed by atoms with Gasteiger partial charge in [0.2, 0.25) is 0 Å². The molecule has 28 heavy (non-hydrogen) atoms. The van der Waals surface area contributed by atoms with E-state index in [4.69, 9.17) is 10.6 Å². The summed E-state index contributed by atoms with van der Waals surface area (Å²) in [6.07, 6.45) is 1.24. The van der Waals surface area contributed by atoms with Crippen LogP contribution in [0.4, 0.5) is 11.4 Å². The molecule has 12 heteroatoms. The van der Waals surface area contributed by atoms with E-state index in [-0.39, 0.29) is 37.1 Å². The number of amides is 2. The number of nitrogens with two attached hydrogens (primary N) is 1. The number of rotatable bonds is 9.